The van der Waals surface area contributed by atoms with Crippen LogP contribution < -0.4 is 18.9 Å². The molecule has 4 rings (SSSR count). The van der Waals surface area contributed by atoms with Crippen molar-refractivity contribution >= 4 is 6.08 Å². The second kappa shape index (κ2) is 12.3. The van der Waals surface area contributed by atoms with E-state index in [0.717, 1.165) is 16.7 Å². The lowest BCUT2D eigenvalue weighted by atomic mass is 9.90. The minimum absolute atomic E-state index is 0.0102. The molecule has 0 bridgehead atoms. The molecule has 2 aliphatic heterocycles. The van der Waals surface area contributed by atoms with Crippen molar-refractivity contribution in [1.29, 1.82) is 0 Å². The maximum atomic E-state index is 10.3. The Hall–Kier alpha value is -2.90. The summed E-state index contributed by atoms with van der Waals surface area (Å²) in [7, 11) is 4.65. The van der Waals surface area contributed by atoms with E-state index in [1.165, 1.54) is 7.11 Å². The maximum Gasteiger partial charge on any atom is 0.187 e. The lowest BCUT2D eigenvalue weighted by Crippen LogP contribution is -2.59. The summed E-state index contributed by atoms with van der Waals surface area (Å²) in [6.07, 6.45) is -3.73. The highest BCUT2D eigenvalue weighted by atomic mass is 16.7. The molecule has 0 amide bonds. The van der Waals surface area contributed by atoms with Crippen molar-refractivity contribution in [2.45, 2.75) is 42.7 Å². The molecule has 1 fully saturated rings. The van der Waals surface area contributed by atoms with Gasteiger partial charge in [-0.2, -0.15) is 0 Å². The Morgan fingerprint density at radius 2 is 1.58 bits per heavy atom. The largest absolute Gasteiger partial charge is 0.493 e. The fraction of sp³-hybridized carbons (Fsp3) is 0.481. The van der Waals surface area contributed by atoms with Gasteiger partial charge in [-0.1, -0.05) is 18.2 Å². The number of hydrogen-bond donors (Lipinski definition) is 5. The Labute approximate surface area is 220 Å². The molecule has 0 aliphatic carbocycles. The van der Waals surface area contributed by atoms with E-state index in [4.69, 9.17) is 28.4 Å². The summed E-state index contributed by atoms with van der Waals surface area (Å²) >= 11 is 0. The van der Waals surface area contributed by atoms with E-state index in [1.54, 1.807) is 38.5 Å². The molecule has 1 saturated heterocycles. The number of methoxy groups -OCH3 is 3. The summed E-state index contributed by atoms with van der Waals surface area (Å²) in [6.45, 7) is -0.688. The van der Waals surface area contributed by atoms with Crippen LogP contribution in [0.2, 0.25) is 0 Å². The van der Waals surface area contributed by atoms with Gasteiger partial charge in [0.1, 0.15) is 30.5 Å². The zero-order valence-corrected chi connectivity index (χ0v) is 21.4. The summed E-state index contributed by atoms with van der Waals surface area (Å²) in [5.41, 5.74) is 2.35. The Kier molecular flexibility index (Phi) is 9.11. The Bertz CT molecular complexity index is 1120. The molecule has 208 valence electrons. The van der Waals surface area contributed by atoms with Gasteiger partial charge >= 0.3 is 0 Å². The predicted octanol–water partition coefficient (Wildman–Crippen LogP) is 0.752. The average Bonchev–Trinajstić information content (AvgIpc) is 3.32. The van der Waals surface area contributed by atoms with Gasteiger partial charge in [0.25, 0.3) is 0 Å². The van der Waals surface area contributed by atoms with Crippen LogP contribution in [-0.4, -0.2) is 97.4 Å². The van der Waals surface area contributed by atoms with Gasteiger partial charge in [0.15, 0.2) is 29.3 Å². The maximum absolute atomic E-state index is 10.3. The molecule has 38 heavy (non-hydrogen) atoms. The standard InChI is InChI=1S/C27H34O11/c1-33-18-7-6-15(11-19(18)34-2)25-17(12-28)16-9-14(10-20(35-3)26(16)38-25)5-4-8-36-27-24(32)23(31)22(30)21(13-29)37-27/h4-7,9-11,17,21-25,27-32H,8,12-13H2,1-3H3/b5-4+/t17-,21-,22-,23+,24-,25+,27-/m1/s1. The normalized spacial score (nSPS) is 28.7. The summed E-state index contributed by atoms with van der Waals surface area (Å²) < 4.78 is 33.4. The molecule has 2 aromatic carbocycles. The van der Waals surface area contributed by atoms with Crippen LogP contribution >= 0.6 is 0 Å². The second-order valence-electron chi connectivity index (χ2n) is 9.02. The van der Waals surface area contributed by atoms with Crippen molar-refractivity contribution < 1.29 is 54.0 Å². The molecule has 5 N–H and O–H groups in total. The zero-order chi connectivity index (χ0) is 27.4. The van der Waals surface area contributed by atoms with E-state index in [9.17, 15) is 25.5 Å². The number of benzene rings is 2. The first-order chi connectivity index (χ1) is 18.4. The topological polar surface area (TPSA) is 157 Å². The summed E-state index contributed by atoms with van der Waals surface area (Å²) in [5.74, 6) is 1.81. The van der Waals surface area contributed by atoms with Crippen LogP contribution in [0.15, 0.2) is 36.4 Å². The molecule has 2 aromatic rings. The molecule has 0 aromatic heterocycles. The van der Waals surface area contributed by atoms with Crippen molar-refractivity contribution in [2.75, 3.05) is 41.2 Å². The first kappa shape index (κ1) is 28.1. The highest BCUT2D eigenvalue weighted by molar-refractivity contribution is 5.62. The third kappa shape index (κ3) is 5.45. The second-order valence-corrected chi connectivity index (χ2v) is 9.02. The first-order valence-electron chi connectivity index (χ1n) is 12.2. The third-order valence-electron chi connectivity index (χ3n) is 6.78. The van der Waals surface area contributed by atoms with Crippen molar-refractivity contribution in [3.8, 4) is 23.0 Å². The van der Waals surface area contributed by atoms with Crippen LogP contribution in [0.1, 0.15) is 28.7 Å². The average molecular weight is 535 g/mol. The quantitative estimate of drug-likeness (QED) is 0.293. The monoisotopic (exact) mass is 534 g/mol. The predicted molar refractivity (Wildman–Crippen MR) is 134 cm³/mol. The lowest BCUT2D eigenvalue weighted by Gasteiger charge is -2.39. The summed E-state index contributed by atoms with van der Waals surface area (Å²) in [5, 5.41) is 49.5. The van der Waals surface area contributed by atoms with Gasteiger partial charge in [-0.15, -0.1) is 0 Å². The Morgan fingerprint density at radius 1 is 0.842 bits per heavy atom. The molecule has 7 atom stereocenters. The summed E-state index contributed by atoms with van der Waals surface area (Å²) in [6, 6.07) is 9.15. The molecule has 11 heteroatoms. The summed E-state index contributed by atoms with van der Waals surface area (Å²) in [4.78, 5) is 0. The van der Waals surface area contributed by atoms with Crippen LogP contribution in [0, 0.1) is 0 Å². The number of hydrogen-bond acceptors (Lipinski definition) is 11. The van der Waals surface area contributed by atoms with Crippen molar-refractivity contribution in [3.63, 3.8) is 0 Å². The van der Waals surface area contributed by atoms with Gasteiger partial charge in [0, 0.05) is 5.56 Å². The van der Waals surface area contributed by atoms with Crippen LogP contribution in [0.3, 0.4) is 0 Å². The fourth-order valence-electron chi connectivity index (χ4n) is 4.73. The van der Waals surface area contributed by atoms with Gasteiger partial charge < -0.3 is 54.0 Å². The van der Waals surface area contributed by atoms with E-state index in [-0.39, 0.29) is 19.1 Å². The fourth-order valence-corrected chi connectivity index (χ4v) is 4.73. The molecule has 2 aliphatic rings. The lowest BCUT2D eigenvalue weighted by molar-refractivity contribution is -0.298. The number of aliphatic hydroxyl groups is 5. The van der Waals surface area contributed by atoms with Crippen molar-refractivity contribution in [1.82, 2.24) is 0 Å². The van der Waals surface area contributed by atoms with Crippen LogP contribution in [0.4, 0.5) is 0 Å². The third-order valence-corrected chi connectivity index (χ3v) is 6.78. The van der Waals surface area contributed by atoms with E-state index in [0.29, 0.717) is 23.0 Å². The highest BCUT2D eigenvalue weighted by Gasteiger charge is 2.44. The smallest absolute Gasteiger partial charge is 0.187 e. The van der Waals surface area contributed by atoms with Gasteiger partial charge in [0.05, 0.1) is 47.1 Å². The van der Waals surface area contributed by atoms with E-state index in [2.05, 4.69) is 0 Å². The molecule has 11 nitrogen and oxygen atoms in total. The van der Waals surface area contributed by atoms with Crippen LogP contribution in [0.5, 0.6) is 23.0 Å². The van der Waals surface area contributed by atoms with Crippen molar-refractivity contribution in [2.24, 2.45) is 0 Å². The Balaban J connectivity index is 1.50. The minimum Gasteiger partial charge on any atom is -0.493 e. The number of aliphatic hydroxyl groups excluding tert-OH is 5. The molecular weight excluding hydrogens is 500 g/mol. The van der Waals surface area contributed by atoms with Crippen LogP contribution in [0.25, 0.3) is 6.08 Å². The van der Waals surface area contributed by atoms with E-state index >= 15 is 0 Å². The number of ether oxygens (including phenoxy) is 6. The number of fused-ring (bicyclic) bond motifs is 1. The van der Waals surface area contributed by atoms with Crippen molar-refractivity contribution in [3.05, 3.63) is 53.1 Å². The SMILES string of the molecule is COc1ccc([C@@H]2Oc3c(OC)cc(/C=C/CO[C@@H]4O[C@H](CO)[C@@H](O)[C@H](O)[C@H]4O)cc3[C@H]2CO)cc1OC. The van der Waals surface area contributed by atoms with Gasteiger partial charge in [-0.05, 0) is 35.4 Å². The van der Waals surface area contributed by atoms with Crippen LogP contribution in [-0.2, 0) is 9.47 Å². The van der Waals surface area contributed by atoms with E-state index < -0.39 is 43.4 Å². The Morgan fingerprint density at radius 3 is 2.24 bits per heavy atom. The molecular formula is C27H34O11. The molecule has 0 spiro atoms. The van der Waals surface area contributed by atoms with Gasteiger partial charge in [0.2, 0.25) is 0 Å². The molecule has 0 saturated carbocycles. The molecule has 2 heterocycles. The number of rotatable bonds is 10. The zero-order valence-electron chi connectivity index (χ0n) is 21.4. The van der Waals surface area contributed by atoms with Gasteiger partial charge in [-0.25, -0.2) is 0 Å². The van der Waals surface area contributed by atoms with Gasteiger partial charge in [-0.3, -0.25) is 0 Å². The molecule has 0 radical (unpaired) electrons. The highest BCUT2D eigenvalue weighted by Crippen LogP contribution is 2.51. The van der Waals surface area contributed by atoms with E-state index in [1.807, 2.05) is 18.2 Å². The molecule has 0 unspecified atom stereocenters. The first-order valence-corrected chi connectivity index (χ1v) is 12.2. The minimum atomic E-state index is -1.51.